The molecule has 0 atom stereocenters. The summed E-state index contributed by atoms with van der Waals surface area (Å²) in [6.45, 7) is -3.88. The summed E-state index contributed by atoms with van der Waals surface area (Å²) in [6.07, 6.45) is 6.18. The van der Waals surface area contributed by atoms with Crippen molar-refractivity contribution < 1.29 is 17.9 Å². The number of methoxy groups -OCH3 is 1. The number of fused-ring (bicyclic) bond motifs is 2. The molecule has 1 aromatic heterocycles. The van der Waals surface area contributed by atoms with E-state index in [1.54, 1.807) is 31.4 Å². The molecule has 0 N–H and O–H groups in total. The summed E-state index contributed by atoms with van der Waals surface area (Å²) in [4.78, 5) is 0. The van der Waals surface area contributed by atoms with Crippen LogP contribution in [0, 0.1) is 0 Å². The predicted octanol–water partition coefficient (Wildman–Crippen LogP) is 3.91. The van der Waals surface area contributed by atoms with Crippen molar-refractivity contribution in [1.29, 1.82) is 0 Å². The molecule has 23 heavy (non-hydrogen) atoms. The summed E-state index contributed by atoms with van der Waals surface area (Å²) in [5, 5.41) is 0. The van der Waals surface area contributed by atoms with Gasteiger partial charge in [-0.1, -0.05) is 22.0 Å². The van der Waals surface area contributed by atoms with Gasteiger partial charge < -0.3 is 22.3 Å². The minimum atomic E-state index is -3.88. The van der Waals surface area contributed by atoms with E-state index in [0.29, 0.717) is 17.1 Å². The third-order valence-corrected chi connectivity index (χ3v) is 4.85. The highest BCUT2D eigenvalue weighted by atomic mass is 79.9. The lowest BCUT2D eigenvalue weighted by Crippen LogP contribution is -2.49. The van der Waals surface area contributed by atoms with Gasteiger partial charge in [0.05, 0.1) is 12.7 Å². The number of nitrogens with zero attached hydrogens (tertiary/aromatic N) is 2. The molecule has 3 nitrogen and oxygen atoms in total. The maximum absolute atomic E-state index is 14.8. The standard InChI is InChI=1S/C16H12BBrF2N2O/c1-23-14-8-2-5-11(18)15(14)16-12-6-3-9-21(12)17(19,20)22-10-4-7-13(16)22/h2-10H,1H3. The van der Waals surface area contributed by atoms with Crippen molar-refractivity contribution in [1.82, 2.24) is 4.48 Å². The van der Waals surface area contributed by atoms with Crippen molar-refractivity contribution in [2.75, 3.05) is 7.11 Å². The Bertz CT molecular complexity index is 915. The van der Waals surface area contributed by atoms with E-state index in [1.807, 2.05) is 18.2 Å². The van der Waals surface area contributed by atoms with Gasteiger partial charge in [-0.15, -0.1) is 0 Å². The van der Waals surface area contributed by atoms with Crippen LogP contribution < -0.4 is 4.74 Å². The minimum absolute atomic E-state index is 0.478. The van der Waals surface area contributed by atoms with Crippen molar-refractivity contribution in [3.05, 3.63) is 70.1 Å². The number of aromatic nitrogens is 1. The van der Waals surface area contributed by atoms with Crippen molar-refractivity contribution >= 4 is 34.7 Å². The lowest BCUT2D eigenvalue weighted by Gasteiger charge is -2.31. The number of hydrogen-bond donors (Lipinski definition) is 0. The van der Waals surface area contributed by atoms with Gasteiger partial charge in [-0.3, -0.25) is 0 Å². The fraction of sp³-hybridized carbons (Fsp3) is 0.0625. The van der Waals surface area contributed by atoms with E-state index < -0.39 is 6.97 Å². The summed E-state index contributed by atoms with van der Waals surface area (Å²) < 4.78 is 37.9. The van der Waals surface area contributed by atoms with Crippen LogP contribution in [-0.4, -0.2) is 29.3 Å². The number of allylic oxidation sites excluding steroid dienone is 2. The molecule has 7 heteroatoms. The Labute approximate surface area is 140 Å². The summed E-state index contributed by atoms with van der Waals surface area (Å²) in [5.41, 5.74) is 2.44. The number of hydrogen-bond acceptors (Lipinski definition) is 1. The van der Waals surface area contributed by atoms with Crippen LogP contribution in [0.1, 0.15) is 11.3 Å². The number of benzene rings is 1. The predicted molar refractivity (Wildman–Crippen MR) is 90.0 cm³/mol. The first-order valence-electron chi connectivity index (χ1n) is 7.12. The highest BCUT2D eigenvalue weighted by molar-refractivity contribution is 9.10. The molecule has 0 saturated carbocycles. The molecule has 0 saturated heterocycles. The van der Waals surface area contributed by atoms with E-state index in [0.717, 1.165) is 24.6 Å². The molecule has 0 radical (unpaired) electrons. The van der Waals surface area contributed by atoms with Gasteiger partial charge in [0.15, 0.2) is 5.70 Å². The summed E-state index contributed by atoms with van der Waals surface area (Å²) in [5.74, 6) is 0.632. The van der Waals surface area contributed by atoms with Gasteiger partial charge in [0.2, 0.25) is 0 Å². The zero-order chi connectivity index (χ0) is 16.2. The fourth-order valence-corrected chi connectivity index (χ4v) is 3.74. The zero-order valence-electron chi connectivity index (χ0n) is 12.2. The summed E-state index contributed by atoms with van der Waals surface area (Å²) >= 11 is 3.53. The first kappa shape index (κ1) is 14.4. The molecule has 2 aliphatic heterocycles. The normalized spacial score (nSPS) is 17.8. The number of halogens is 3. The summed E-state index contributed by atoms with van der Waals surface area (Å²) in [6, 6.07) is 8.91. The Morgan fingerprint density at radius 1 is 1.22 bits per heavy atom. The molecule has 0 spiro atoms. The Kier molecular flexibility index (Phi) is 3.09. The second kappa shape index (κ2) is 4.93. The van der Waals surface area contributed by atoms with Gasteiger partial charge in [-0.25, -0.2) is 0 Å². The average molecular weight is 377 g/mol. The quantitative estimate of drug-likeness (QED) is 0.726. The van der Waals surface area contributed by atoms with E-state index in [1.165, 1.54) is 12.4 Å². The van der Waals surface area contributed by atoms with Crippen molar-refractivity contribution in [2.24, 2.45) is 0 Å². The van der Waals surface area contributed by atoms with E-state index in [2.05, 4.69) is 15.9 Å². The lowest BCUT2D eigenvalue weighted by atomic mass is 9.86. The van der Waals surface area contributed by atoms with E-state index in [9.17, 15) is 8.63 Å². The van der Waals surface area contributed by atoms with Gasteiger partial charge in [0.1, 0.15) is 12.0 Å². The third kappa shape index (κ3) is 1.89. The van der Waals surface area contributed by atoms with Crippen LogP contribution >= 0.6 is 15.9 Å². The van der Waals surface area contributed by atoms with Crippen molar-refractivity contribution in [2.45, 2.75) is 0 Å². The molecule has 3 heterocycles. The molecular formula is C16H12BBrF2N2O. The molecule has 0 aliphatic carbocycles. The molecule has 0 unspecified atom stereocenters. The van der Waals surface area contributed by atoms with Gasteiger partial charge in [0, 0.05) is 27.9 Å². The van der Waals surface area contributed by atoms with E-state index in [-0.39, 0.29) is 0 Å². The molecule has 1 aromatic carbocycles. The van der Waals surface area contributed by atoms with Crippen molar-refractivity contribution in [3.63, 3.8) is 0 Å². The molecule has 116 valence electrons. The van der Waals surface area contributed by atoms with E-state index in [4.69, 9.17) is 4.74 Å². The summed E-state index contributed by atoms with van der Waals surface area (Å²) in [7, 11) is 1.57. The number of ether oxygens (including phenoxy) is 1. The molecule has 4 rings (SSSR count). The second-order valence-electron chi connectivity index (χ2n) is 5.38. The fourth-order valence-electron chi connectivity index (χ4n) is 3.19. The largest absolute Gasteiger partial charge is 0.737 e. The van der Waals surface area contributed by atoms with Gasteiger partial charge in [0.25, 0.3) is 0 Å². The van der Waals surface area contributed by atoms with Crippen molar-refractivity contribution in [3.8, 4) is 5.75 Å². The highest BCUT2D eigenvalue weighted by Crippen LogP contribution is 2.43. The van der Waals surface area contributed by atoms with Crippen LogP contribution in [0.15, 0.2) is 58.9 Å². The number of rotatable bonds is 2. The first-order valence-corrected chi connectivity index (χ1v) is 7.92. The zero-order valence-corrected chi connectivity index (χ0v) is 13.8. The van der Waals surface area contributed by atoms with Gasteiger partial charge in [-0.2, -0.15) is 0 Å². The van der Waals surface area contributed by atoms with Crippen LogP contribution in [0.5, 0.6) is 5.75 Å². The van der Waals surface area contributed by atoms with Crippen LogP contribution in [-0.2, 0) is 0 Å². The van der Waals surface area contributed by atoms with Gasteiger partial charge >= 0.3 is 6.97 Å². The maximum atomic E-state index is 14.8. The van der Waals surface area contributed by atoms with Crippen LogP contribution in [0.3, 0.4) is 0 Å². The lowest BCUT2D eigenvalue weighted by molar-refractivity contribution is -0.356. The Morgan fingerprint density at radius 2 is 2.04 bits per heavy atom. The van der Waals surface area contributed by atoms with Gasteiger partial charge in [-0.05, 0) is 30.5 Å². The minimum Gasteiger partial charge on any atom is -0.496 e. The van der Waals surface area contributed by atoms with Crippen LogP contribution in [0.25, 0.3) is 5.57 Å². The Balaban J connectivity index is 2.11. The first-order chi connectivity index (χ1) is 11.1. The Morgan fingerprint density at radius 3 is 2.83 bits per heavy atom. The topological polar surface area (TPSA) is 17.2 Å². The molecular weight excluding hydrogens is 365 g/mol. The average Bonchev–Trinajstić information content (AvgIpc) is 3.18. The molecule has 2 aliphatic rings. The van der Waals surface area contributed by atoms with Crippen LogP contribution in [0.4, 0.5) is 8.63 Å². The molecule has 0 amide bonds. The van der Waals surface area contributed by atoms with E-state index >= 15 is 0 Å². The third-order valence-electron chi connectivity index (χ3n) is 4.18. The molecule has 0 fully saturated rings. The highest BCUT2D eigenvalue weighted by Gasteiger charge is 2.51. The molecule has 0 bridgehead atoms. The molecule has 2 aromatic rings. The SMILES string of the molecule is COc1cccc(Br)c1C1=C2C=CC=[N+]2[B-](F)(F)n2cccc21. The Hall–Kier alpha value is -2.15. The smallest absolute Gasteiger partial charge is 0.496 e. The maximum Gasteiger partial charge on any atom is 0.737 e. The monoisotopic (exact) mass is 376 g/mol. The van der Waals surface area contributed by atoms with Crippen LogP contribution in [0.2, 0.25) is 0 Å². The second-order valence-corrected chi connectivity index (χ2v) is 6.24.